The topological polar surface area (TPSA) is 58.4 Å². The highest BCUT2D eigenvalue weighted by atomic mass is 35.5. The first kappa shape index (κ1) is 19.7. The van der Waals surface area contributed by atoms with Gasteiger partial charge >= 0.3 is 0 Å². The summed E-state index contributed by atoms with van der Waals surface area (Å²) in [4.78, 5) is 4.84. The summed E-state index contributed by atoms with van der Waals surface area (Å²) in [5.74, 6) is 0.481. The molecule has 2 fully saturated rings. The molecular formula is C20H27ClN4O2S. The summed E-state index contributed by atoms with van der Waals surface area (Å²) >= 11 is 6.10. The monoisotopic (exact) mass is 422 g/mol. The lowest BCUT2D eigenvalue weighted by Gasteiger charge is -2.36. The van der Waals surface area contributed by atoms with Crippen LogP contribution in [0.25, 0.3) is 0 Å². The van der Waals surface area contributed by atoms with E-state index >= 15 is 0 Å². The summed E-state index contributed by atoms with van der Waals surface area (Å²) in [6.07, 6.45) is 0.664. The van der Waals surface area contributed by atoms with Crippen LogP contribution in [0.4, 0.5) is 5.69 Å². The summed E-state index contributed by atoms with van der Waals surface area (Å²) in [6, 6.07) is 8.02. The number of nitrogens with zero attached hydrogens (tertiary/aromatic N) is 4. The van der Waals surface area contributed by atoms with E-state index in [1.54, 1.807) is 0 Å². The lowest BCUT2D eigenvalue weighted by atomic mass is 10.2. The fraction of sp³-hybridized carbons (Fsp3) is 0.550. The summed E-state index contributed by atoms with van der Waals surface area (Å²) in [5.41, 5.74) is 4.49. The highest BCUT2D eigenvalue weighted by Crippen LogP contribution is 2.31. The van der Waals surface area contributed by atoms with Crippen LogP contribution in [0.5, 0.6) is 0 Å². The maximum Gasteiger partial charge on any atom is 0.152 e. The number of rotatable bonds is 4. The average molecular weight is 423 g/mol. The van der Waals surface area contributed by atoms with Gasteiger partial charge in [-0.05, 0) is 38.0 Å². The third-order valence-corrected chi connectivity index (χ3v) is 7.81. The number of anilines is 1. The van der Waals surface area contributed by atoms with Crippen LogP contribution in [0.2, 0.25) is 5.02 Å². The molecule has 8 heteroatoms. The minimum Gasteiger partial charge on any atom is -0.366 e. The predicted octanol–water partition coefficient (Wildman–Crippen LogP) is 2.84. The third-order valence-electron chi connectivity index (χ3n) is 5.82. The van der Waals surface area contributed by atoms with Crippen LogP contribution in [0.15, 0.2) is 24.3 Å². The Bertz CT molecular complexity index is 965. The average Bonchev–Trinajstić information content (AvgIpc) is 3.14. The highest BCUT2D eigenvalue weighted by Gasteiger charge is 2.32. The fourth-order valence-corrected chi connectivity index (χ4v) is 6.36. The molecule has 0 bridgehead atoms. The number of benzene rings is 1. The minimum absolute atomic E-state index is 0.0263. The second kappa shape index (κ2) is 7.69. The first-order valence-electron chi connectivity index (χ1n) is 9.80. The van der Waals surface area contributed by atoms with Crippen LogP contribution >= 0.6 is 11.6 Å². The van der Waals surface area contributed by atoms with Crippen LogP contribution in [0.3, 0.4) is 0 Å². The Balaban J connectivity index is 1.43. The number of halogens is 1. The first-order chi connectivity index (χ1) is 13.3. The van der Waals surface area contributed by atoms with Crippen LogP contribution in [-0.2, 0) is 16.4 Å². The molecule has 2 saturated heterocycles. The van der Waals surface area contributed by atoms with Crippen molar-refractivity contribution in [3.8, 4) is 0 Å². The number of hydrogen-bond acceptors (Lipinski definition) is 5. The van der Waals surface area contributed by atoms with Crippen LogP contribution in [-0.4, -0.2) is 60.8 Å². The summed E-state index contributed by atoms with van der Waals surface area (Å²) in [5, 5.41) is 5.49. The molecule has 2 aromatic rings. The molecule has 4 rings (SSSR count). The molecule has 0 N–H and O–H groups in total. The van der Waals surface area contributed by atoms with Gasteiger partial charge in [0, 0.05) is 37.7 Å². The van der Waals surface area contributed by atoms with Crippen LogP contribution in [0, 0.1) is 13.8 Å². The Morgan fingerprint density at radius 2 is 1.93 bits per heavy atom. The SMILES string of the molecule is Cc1nn(C2CCS(=O)(=O)C2)c(C)c1N1CCN(Cc2cccc(Cl)c2)CC1. The molecule has 0 radical (unpaired) electrons. The molecule has 28 heavy (non-hydrogen) atoms. The van der Waals surface area contributed by atoms with Gasteiger partial charge in [-0.2, -0.15) is 5.10 Å². The van der Waals surface area contributed by atoms with Crippen molar-refractivity contribution >= 4 is 27.1 Å². The predicted molar refractivity (Wildman–Crippen MR) is 113 cm³/mol. The lowest BCUT2D eigenvalue weighted by Crippen LogP contribution is -2.46. The zero-order valence-corrected chi connectivity index (χ0v) is 18.0. The maximum atomic E-state index is 11.9. The third kappa shape index (κ3) is 4.07. The van der Waals surface area contributed by atoms with E-state index in [1.807, 2.05) is 29.8 Å². The van der Waals surface area contributed by atoms with Crippen molar-refractivity contribution in [3.63, 3.8) is 0 Å². The number of aryl methyl sites for hydroxylation is 1. The molecular weight excluding hydrogens is 396 g/mol. The van der Waals surface area contributed by atoms with Crippen LogP contribution < -0.4 is 4.90 Å². The molecule has 0 spiro atoms. The second-order valence-electron chi connectivity index (χ2n) is 7.91. The smallest absolute Gasteiger partial charge is 0.152 e. The number of sulfone groups is 1. The molecule has 3 heterocycles. The largest absolute Gasteiger partial charge is 0.366 e. The van der Waals surface area contributed by atoms with Crippen molar-refractivity contribution < 1.29 is 8.42 Å². The van der Waals surface area contributed by atoms with Gasteiger partial charge in [0.05, 0.1) is 34.6 Å². The van der Waals surface area contributed by atoms with Gasteiger partial charge in [0.1, 0.15) is 0 Å². The van der Waals surface area contributed by atoms with Crippen molar-refractivity contribution in [1.29, 1.82) is 0 Å². The van der Waals surface area contributed by atoms with Gasteiger partial charge in [0.25, 0.3) is 0 Å². The van der Waals surface area contributed by atoms with Gasteiger partial charge in [-0.25, -0.2) is 8.42 Å². The van der Waals surface area contributed by atoms with E-state index in [0.717, 1.165) is 49.1 Å². The van der Waals surface area contributed by atoms with Gasteiger partial charge < -0.3 is 4.90 Å². The van der Waals surface area contributed by atoms with E-state index in [9.17, 15) is 8.42 Å². The molecule has 0 amide bonds. The first-order valence-corrected chi connectivity index (χ1v) is 12.0. The standard InChI is InChI=1S/C20H27ClN4O2S/c1-15-20(16(2)25(22-15)19-6-11-28(26,27)14-19)24-9-7-23(8-10-24)13-17-4-3-5-18(21)12-17/h3-5,12,19H,6-11,13-14H2,1-2H3. The van der Waals surface area contributed by atoms with Gasteiger partial charge in [0.15, 0.2) is 9.84 Å². The summed E-state index contributed by atoms with van der Waals surface area (Å²) < 4.78 is 25.7. The molecule has 2 aliphatic rings. The van der Waals surface area contributed by atoms with Gasteiger partial charge in [-0.3, -0.25) is 9.58 Å². The van der Waals surface area contributed by atoms with E-state index in [0.29, 0.717) is 6.42 Å². The Hall–Kier alpha value is -1.57. The summed E-state index contributed by atoms with van der Waals surface area (Å²) in [7, 11) is -2.92. The van der Waals surface area contributed by atoms with Crippen molar-refractivity contribution in [2.75, 3.05) is 42.6 Å². The fourth-order valence-electron chi connectivity index (χ4n) is 4.46. The molecule has 1 aromatic carbocycles. The second-order valence-corrected chi connectivity index (χ2v) is 10.6. The molecule has 1 aromatic heterocycles. The summed E-state index contributed by atoms with van der Waals surface area (Å²) in [6.45, 7) is 8.85. The molecule has 0 aliphatic carbocycles. The van der Waals surface area contributed by atoms with Crippen molar-refractivity contribution in [2.45, 2.75) is 32.9 Å². The van der Waals surface area contributed by atoms with Gasteiger partial charge in [0.2, 0.25) is 0 Å². The zero-order chi connectivity index (χ0) is 19.9. The Morgan fingerprint density at radius 1 is 1.18 bits per heavy atom. The number of hydrogen-bond donors (Lipinski definition) is 0. The maximum absolute atomic E-state index is 11.9. The minimum atomic E-state index is -2.92. The molecule has 1 atom stereocenters. The quantitative estimate of drug-likeness (QED) is 0.758. The van der Waals surface area contributed by atoms with Crippen molar-refractivity contribution in [1.82, 2.24) is 14.7 Å². The highest BCUT2D eigenvalue weighted by molar-refractivity contribution is 7.91. The van der Waals surface area contributed by atoms with E-state index in [-0.39, 0.29) is 17.5 Å². The molecule has 2 aliphatic heterocycles. The van der Waals surface area contributed by atoms with Gasteiger partial charge in [-0.1, -0.05) is 23.7 Å². The Kier molecular flexibility index (Phi) is 5.42. The zero-order valence-electron chi connectivity index (χ0n) is 16.4. The van der Waals surface area contributed by atoms with Crippen molar-refractivity contribution in [2.24, 2.45) is 0 Å². The number of piperazine rings is 1. The normalized spacial score (nSPS) is 22.7. The van der Waals surface area contributed by atoms with E-state index < -0.39 is 9.84 Å². The number of aromatic nitrogens is 2. The van der Waals surface area contributed by atoms with Gasteiger partial charge in [-0.15, -0.1) is 0 Å². The Labute approximate surface area is 172 Å². The molecule has 6 nitrogen and oxygen atoms in total. The Morgan fingerprint density at radius 3 is 2.57 bits per heavy atom. The van der Waals surface area contributed by atoms with E-state index in [4.69, 9.17) is 16.7 Å². The van der Waals surface area contributed by atoms with E-state index in [2.05, 4.69) is 22.8 Å². The molecule has 1 unspecified atom stereocenters. The molecule has 0 saturated carbocycles. The van der Waals surface area contributed by atoms with E-state index in [1.165, 1.54) is 11.3 Å². The van der Waals surface area contributed by atoms with Crippen LogP contribution in [0.1, 0.15) is 29.4 Å². The van der Waals surface area contributed by atoms with Crippen molar-refractivity contribution in [3.05, 3.63) is 46.2 Å². The molecule has 152 valence electrons. The lowest BCUT2D eigenvalue weighted by molar-refractivity contribution is 0.249.